The van der Waals surface area contributed by atoms with Crippen molar-refractivity contribution in [3.63, 3.8) is 0 Å². The first kappa shape index (κ1) is 12.1. The molecule has 0 aromatic heterocycles. The van der Waals surface area contributed by atoms with Crippen LogP contribution in [-0.2, 0) is 5.41 Å². The summed E-state index contributed by atoms with van der Waals surface area (Å²) < 4.78 is 0. The van der Waals surface area contributed by atoms with Crippen LogP contribution in [0, 0.1) is 0 Å². The van der Waals surface area contributed by atoms with Crippen molar-refractivity contribution in [2.45, 2.75) is 31.6 Å². The van der Waals surface area contributed by atoms with Gasteiger partial charge in [0, 0.05) is 5.56 Å². The van der Waals surface area contributed by atoms with Gasteiger partial charge in [0.1, 0.15) is 0 Å². The topological polar surface area (TPSA) is 55.1 Å². The fourth-order valence-electron chi connectivity index (χ4n) is 2.74. The second kappa shape index (κ2) is 4.88. The summed E-state index contributed by atoms with van der Waals surface area (Å²) in [5.41, 5.74) is 7.47. The van der Waals surface area contributed by atoms with E-state index in [-0.39, 0.29) is 11.3 Å². The molecule has 1 aliphatic heterocycles. The lowest BCUT2D eigenvalue weighted by Gasteiger charge is -2.37. The molecule has 1 aromatic rings. The maximum Gasteiger partial charge on any atom is 0.248 e. The summed E-state index contributed by atoms with van der Waals surface area (Å²) >= 11 is 0. The summed E-state index contributed by atoms with van der Waals surface area (Å²) in [5.74, 6) is -0.354. The van der Waals surface area contributed by atoms with Crippen LogP contribution >= 0.6 is 0 Å². The second-order valence-corrected chi connectivity index (χ2v) is 4.83. The van der Waals surface area contributed by atoms with Gasteiger partial charge in [-0.25, -0.2) is 0 Å². The van der Waals surface area contributed by atoms with Crippen LogP contribution in [0.15, 0.2) is 24.3 Å². The van der Waals surface area contributed by atoms with Crippen LogP contribution in [0.2, 0.25) is 0 Å². The Morgan fingerprint density at radius 3 is 2.35 bits per heavy atom. The van der Waals surface area contributed by atoms with E-state index in [1.807, 2.05) is 12.1 Å². The number of nitrogens with two attached hydrogens (primary N) is 1. The monoisotopic (exact) mass is 232 g/mol. The van der Waals surface area contributed by atoms with Gasteiger partial charge < -0.3 is 11.1 Å². The first-order chi connectivity index (χ1) is 8.18. The molecule has 0 bridgehead atoms. The lowest BCUT2D eigenvalue weighted by Crippen LogP contribution is -2.39. The van der Waals surface area contributed by atoms with Crippen molar-refractivity contribution in [2.24, 2.45) is 5.73 Å². The Morgan fingerprint density at radius 2 is 1.88 bits per heavy atom. The number of nitrogens with one attached hydrogen (secondary N) is 1. The minimum atomic E-state index is -0.354. The highest BCUT2D eigenvalue weighted by Gasteiger charge is 2.31. The Bertz CT molecular complexity index is 391. The normalized spacial score (nSPS) is 18.9. The third-order valence-electron chi connectivity index (χ3n) is 4.02. The molecule has 0 spiro atoms. The van der Waals surface area contributed by atoms with Crippen molar-refractivity contribution in [1.82, 2.24) is 5.32 Å². The van der Waals surface area contributed by atoms with Gasteiger partial charge in [-0.1, -0.05) is 19.1 Å². The highest BCUT2D eigenvalue weighted by molar-refractivity contribution is 5.92. The average molecular weight is 232 g/mol. The van der Waals surface area contributed by atoms with E-state index in [2.05, 4.69) is 24.4 Å². The van der Waals surface area contributed by atoms with Gasteiger partial charge >= 0.3 is 0 Å². The third kappa shape index (κ3) is 2.34. The Morgan fingerprint density at radius 1 is 1.29 bits per heavy atom. The van der Waals surface area contributed by atoms with Gasteiger partial charge in [0.15, 0.2) is 0 Å². The van der Waals surface area contributed by atoms with Crippen LogP contribution in [0.4, 0.5) is 0 Å². The summed E-state index contributed by atoms with van der Waals surface area (Å²) in [6.07, 6.45) is 3.48. The number of primary amides is 1. The van der Waals surface area contributed by atoms with Gasteiger partial charge in [-0.2, -0.15) is 0 Å². The zero-order valence-corrected chi connectivity index (χ0v) is 10.3. The second-order valence-electron chi connectivity index (χ2n) is 4.83. The predicted molar refractivity (Wildman–Crippen MR) is 69.0 cm³/mol. The van der Waals surface area contributed by atoms with E-state index < -0.39 is 0 Å². The molecular weight excluding hydrogens is 212 g/mol. The molecule has 2 rings (SSSR count). The quantitative estimate of drug-likeness (QED) is 0.835. The molecule has 0 radical (unpaired) electrons. The number of amides is 1. The minimum absolute atomic E-state index is 0.279. The van der Waals surface area contributed by atoms with Gasteiger partial charge in [-0.15, -0.1) is 0 Å². The molecule has 0 aliphatic carbocycles. The molecule has 1 heterocycles. The van der Waals surface area contributed by atoms with Gasteiger partial charge in [0.05, 0.1) is 0 Å². The first-order valence-corrected chi connectivity index (χ1v) is 6.29. The standard InChI is InChI=1S/C14H20N2O/c1-2-14(7-9-16-10-8-14)12-5-3-11(4-6-12)13(15)17/h3-6,16H,2,7-10H2,1H3,(H2,15,17). The van der Waals surface area contributed by atoms with Crippen molar-refractivity contribution in [3.05, 3.63) is 35.4 Å². The number of carbonyl (C=O) groups excluding carboxylic acids is 1. The molecule has 0 atom stereocenters. The number of piperidine rings is 1. The van der Waals surface area contributed by atoms with Crippen molar-refractivity contribution < 1.29 is 4.79 Å². The van der Waals surface area contributed by atoms with Gasteiger partial charge in [0.2, 0.25) is 5.91 Å². The number of hydrogen-bond donors (Lipinski definition) is 2. The third-order valence-corrected chi connectivity index (χ3v) is 4.02. The molecule has 3 heteroatoms. The van der Waals surface area contributed by atoms with E-state index in [4.69, 9.17) is 5.73 Å². The van der Waals surface area contributed by atoms with Crippen LogP contribution in [-0.4, -0.2) is 19.0 Å². The smallest absolute Gasteiger partial charge is 0.248 e. The molecule has 0 saturated carbocycles. The largest absolute Gasteiger partial charge is 0.366 e. The van der Waals surface area contributed by atoms with Crippen molar-refractivity contribution in [1.29, 1.82) is 0 Å². The first-order valence-electron chi connectivity index (χ1n) is 6.29. The molecule has 1 fully saturated rings. The van der Waals surface area contributed by atoms with Crippen molar-refractivity contribution >= 4 is 5.91 Å². The summed E-state index contributed by atoms with van der Waals surface area (Å²) in [4.78, 5) is 11.1. The Hall–Kier alpha value is -1.35. The minimum Gasteiger partial charge on any atom is -0.366 e. The molecule has 1 saturated heterocycles. The zero-order chi connectivity index (χ0) is 12.3. The molecule has 0 unspecified atom stereocenters. The summed E-state index contributed by atoms with van der Waals surface area (Å²) in [6, 6.07) is 7.82. The van der Waals surface area contributed by atoms with Crippen LogP contribution < -0.4 is 11.1 Å². The van der Waals surface area contributed by atoms with E-state index in [1.54, 1.807) is 0 Å². The molecule has 3 N–H and O–H groups in total. The zero-order valence-electron chi connectivity index (χ0n) is 10.3. The summed E-state index contributed by atoms with van der Waals surface area (Å²) in [5, 5.41) is 3.40. The van der Waals surface area contributed by atoms with Crippen molar-refractivity contribution in [2.75, 3.05) is 13.1 Å². The molecular formula is C14H20N2O. The molecule has 17 heavy (non-hydrogen) atoms. The SMILES string of the molecule is CCC1(c2ccc(C(N)=O)cc2)CCNCC1. The van der Waals surface area contributed by atoms with Gasteiger partial charge in [0.25, 0.3) is 0 Å². The van der Waals surface area contributed by atoms with E-state index in [9.17, 15) is 4.79 Å². The van der Waals surface area contributed by atoms with E-state index in [1.165, 1.54) is 18.4 Å². The number of rotatable bonds is 3. The lowest BCUT2D eigenvalue weighted by atomic mass is 9.71. The number of carbonyl (C=O) groups is 1. The average Bonchev–Trinajstić information content (AvgIpc) is 2.39. The highest BCUT2D eigenvalue weighted by Crippen LogP contribution is 2.36. The summed E-state index contributed by atoms with van der Waals surface area (Å²) in [7, 11) is 0. The molecule has 3 nitrogen and oxygen atoms in total. The molecule has 92 valence electrons. The molecule has 1 aliphatic rings. The number of hydrogen-bond acceptors (Lipinski definition) is 2. The van der Waals surface area contributed by atoms with E-state index in [0.29, 0.717) is 5.56 Å². The van der Waals surface area contributed by atoms with Gasteiger partial charge in [-0.3, -0.25) is 4.79 Å². The summed E-state index contributed by atoms with van der Waals surface area (Å²) in [6.45, 7) is 4.39. The van der Waals surface area contributed by atoms with Crippen LogP contribution in [0.3, 0.4) is 0 Å². The molecule has 1 aromatic carbocycles. The molecule has 1 amide bonds. The fourth-order valence-corrected chi connectivity index (χ4v) is 2.74. The fraction of sp³-hybridized carbons (Fsp3) is 0.500. The highest BCUT2D eigenvalue weighted by atomic mass is 16.1. The predicted octanol–water partition coefficient (Wildman–Crippen LogP) is 1.82. The maximum atomic E-state index is 11.1. The lowest BCUT2D eigenvalue weighted by molar-refractivity contribution is 0.1000. The van der Waals surface area contributed by atoms with Crippen LogP contribution in [0.25, 0.3) is 0 Å². The van der Waals surface area contributed by atoms with E-state index >= 15 is 0 Å². The van der Waals surface area contributed by atoms with E-state index in [0.717, 1.165) is 19.5 Å². The Balaban J connectivity index is 2.27. The van der Waals surface area contributed by atoms with Gasteiger partial charge in [-0.05, 0) is 55.5 Å². The van der Waals surface area contributed by atoms with Crippen LogP contribution in [0.1, 0.15) is 42.1 Å². The Kier molecular flexibility index (Phi) is 3.48. The Labute approximate surface area is 102 Å². The maximum absolute atomic E-state index is 11.1. The van der Waals surface area contributed by atoms with Crippen LogP contribution in [0.5, 0.6) is 0 Å². The number of benzene rings is 1. The van der Waals surface area contributed by atoms with Crippen molar-refractivity contribution in [3.8, 4) is 0 Å².